The molecule has 0 fully saturated rings. The van der Waals surface area contributed by atoms with Crippen molar-refractivity contribution in [2.75, 3.05) is 0 Å². The van der Waals surface area contributed by atoms with Gasteiger partial charge in [-0.15, -0.1) is 0 Å². The number of benzene rings is 5. The van der Waals surface area contributed by atoms with Gasteiger partial charge in [0.15, 0.2) is 56.3 Å². The van der Waals surface area contributed by atoms with Gasteiger partial charge in [-0.2, -0.15) is 16.8 Å². The zero-order valence-electron chi connectivity index (χ0n) is 22.9. The Morgan fingerprint density at radius 2 is 0.771 bits per heavy atom. The molecule has 0 bridgehead atoms. The molecule has 0 N–H and O–H groups in total. The highest BCUT2D eigenvalue weighted by Crippen LogP contribution is 2.35. The predicted octanol–water partition coefficient (Wildman–Crippen LogP) is 7.75. The Kier molecular flexibility index (Phi) is 8.91. The van der Waals surface area contributed by atoms with E-state index in [1.54, 1.807) is 6.07 Å². The summed E-state index contributed by atoms with van der Waals surface area (Å²) in [6.07, 6.45) is 0. The van der Waals surface area contributed by atoms with E-state index in [1.165, 1.54) is 36.4 Å². The lowest BCUT2D eigenvalue weighted by molar-refractivity contribution is 0.352. The van der Waals surface area contributed by atoms with Gasteiger partial charge in [-0.05, 0) is 52.6 Å². The second-order valence-corrected chi connectivity index (χ2v) is 12.3. The van der Waals surface area contributed by atoms with Gasteiger partial charge < -0.3 is 8.37 Å². The van der Waals surface area contributed by atoms with E-state index in [4.69, 9.17) is 0 Å². The molecule has 0 unspecified atom stereocenters. The average Bonchev–Trinajstić information content (AvgIpc) is 3.05. The standard InChI is InChI=1S/C30H11F10O6S2/c31-19-21(33)25(37)29(26(38)22(19)34)47(41,42)45-15-9-5-13(6-10-15)17-3-1-2-4-18(17)14-7-11-16(12-8-14)46-48(43,44)30-27(39)23(35)20(32)24(36)28(30)40/h1-3,5-12H. The quantitative estimate of drug-likeness (QED) is 0.0706. The molecular weight excluding hydrogens is 710 g/mol. The summed E-state index contributed by atoms with van der Waals surface area (Å²) in [4.78, 5) is -4.40. The number of halogens is 10. The maximum atomic E-state index is 14.1. The molecule has 5 aromatic carbocycles. The fourth-order valence-corrected chi connectivity index (χ4v) is 6.36. The van der Waals surface area contributed by atoms with Crippen molar-refractivity contribution >= 4 is 20.2 Å². The third kappa shape index (κ3) is 6.03. The first-order valence-corrected chi connectivity index (χ1v) is 15.4. The highest BCUT2D eigenvalue weighted by atomic mass is 32.2. The first-order valence-electron chi connectivity index (χ1n) is 12.6. The van der Waals surface area contributed by atoms with Crippen molar-refractivity contribution in [3.8, 4) is 33.8 Å². The van der Waals surface area contributed by atoms with E-state index < -0.39 is 99.7 Å². The van der Waals surface area contributed by atoms with Gasteiger partial charge in [-0.25, -0.2) is 43.9 Å². The van der Waals surface area contributed by atoms with Gasteiger partial charge in [-0.3, -0.25) is 0 Å². The first-order chi connectivity index (χ1) is 22.5. The Bertz CT molecular complexity index is 2090. The molecule has 0 atom stereocenters. The van der Waals surface area contributed by atoms with Crippen LogP contribution in [-0.2, 0) is 20.2 Å². The molecule has 0 saturated carbocycles. The fraction of sp³-hybridized carbons (Fsp3) is 0. The number of hydrogen-bond donors (Lipinski definition) is 0. The highest BCUT2D eigenvalue weighted by molar-refractivity contribution is 7.87. The van der Waals surface area contributed by atoms with E-state index in [0.29, 0.717) is 22.3 Å². The van der Waals surface area contributed by atoms with E-state index in [0.717, 1.165) is 24.3 Å². The minimum absolute atomic E-state index is 0.306. The molecule has 0 amide bonds. The lowest BCUT2D eigenvalue weighted by atomic mass is 9.94. The summed E-state index contributed by atoms with van der Waals surface area (Å²) in [6, 6.07) is 16.4. The summed E-state index contributed by atoms with van der Waals surface area (Å²) in [7, 11) is -11.1. The molecule has 249 valence electrons. The SMILES string of the molecule is O=S(=O)(Oc1ccc(-c2[c]cccc2-c2ccc(OS(=O)(=O)c3c(F)c(F)c(F)c(F)c3F)cc2)cc1)c1c(F)c(F)c(F)c(F)c1F. The van der Waals surface area contributed by atoms with E-state index in [-0.39, 0.29) is 0 Å². The molecule has 0 spiro atoms. The zero-order valence-corrected chi connectivity index (χ0v) is 24.5. The molecule has 5 aromatic rings. The Balaban J connectivity index is 1.41. The maximum absolute atomic E-state index is 14.1. The molecule has 1 radical (unpaired) electrons. The maximum Gasteiger partial charge on any atom is 0.345 e. The minimum Gasteiger partial charge on any atom is -0.379 e. The van der Waals surface area contributed by atoms with Gasteiger partial charge in [0, 0.05) is 0 Å². The van der Waals surface area contributed by atoms with Gasteiger partial charge in [0.1, 0.15) is 11.5 Å². The molecule has 0 aliphatic heterocycles. The fourth-order valence-electron chi connectivity index (χ4n) is 4.23. The summed E-state index contributed by atoms with van der Waals surface area (Å²) in [6.45, 7) is 0. The topological polar surface area (TPSA) is 86.7 Å². The number of hydrogen-bond acceptors (Lipinski definition) is 6. The van der Waals surface area contributed by atoms with E-state index in [1.807, 2.05) is 0 Å². The summed E-state index contributed by atoms with van der Waals surface area (Å²) < 4.78 is 196. The summed E-state index contributed by atoms with van der Waals surface area (Å²) in [5, 5.41) is 0. The second kappa shape index (κ2) is 12.5. The summed E-state index contributed by atoms with van der Waals surface area (Å²) in [5.74, 6) is -26.8. The van der Waals surface area contributed by atoms with E-state index in [2.05, 4.69) is 14.4 Å². The third-order valence-electron chi connectivity index (χ3n) is 6.42. The Labute approximate surface area is 263 Å². The van der Waals surface area contributed by atoms with E-state index in [9.17, 15) is 60.7 Å². The van der Waals surface area contributed by atoms with Crippen LogP contribution in [0.3, 0.4) is 0 Å². The Morgan fingerprint density at radius 1 is 0.438 bits per heavy atom. The van der Waals surface area contributed by atoms with Crippen LogP contribution in [0.5, 0.6) is 11.5 Å². The first kappa shape index (κ1) is 34.2. The van der Waals surface area contributed by atoms with Crippen molar-refractivity contribution in [1.82, 2.24) is 0 Å². The van der Waals surface area contributed by atoms with Gasteiger partial charge in [0.05, 0.1) is 0 Å². The van der Waals surface area contributed by atoms with Crippen LogP contribution in [0.4, 0.5) is 43.9 Å². The average molecular weight is 722 g/mol. The summed E-state index contributed by atoms with van der Waals surface area (Å²) in [5.41, 5.74) is 1.33. The van der Waals surface area contributed by atoms with Gasteiger partial charge >= 0.3 is 20.2 Å². The van der Waals surface area contributed by atoms with Crippen LogP contribution in [0.25, 0.3) is 22.3 Å². The van der Waals surface area contributed by atoms with E-state index >= 15 is 0 Å². The smallest absolute Gasteiger partial charge is 0.345 e. The molecule has 6 nitrogen and oxygen atoms in total. The van der Waals surface area contributed by atoms with Crippen molar-refractivity contribution in [2.45, 2.75) is 9.79 Å². The number of rotatable bonds is 8. The van der Waals surface area contributed by atoms with Crippen molar-refractivity contribution < 1.29 is 69.1 Å². The van der Waals surface area contributed by atoms with Gasteiger partial charge in [-0.1, -0.05) is 42.5 Å². The lowest BCUT2D eigenvalue weighted by Crippen LogP contribution is -2.17. The minimum atomic E-state index is -5.57. The molecule has 0 saturated heterocycles. The van der Waals surface area contributed by atoms with Crippen molar-refractivity contribution in [3.63, 3.8) is 0 Å². The zero-order chi connectivity index (χ0) is 35.3. The molecule has 48 heavy (non-hydrogen) atoms. The molecule has 5 rings (SSSR count). The molecule has 0 aromatic heterocycles. The molecule has 18 heteroatoms. The highest BCUT2D eigenvalue weighted by Gasteiger charge is 2.36. The van der Waals surface area contributed by atoms with Crippen molar-refractivity contribution in [3.05, 3.63) is 131 Å². The van der Waals surface area contributed by atoms with Crippen LogP contribution in [0.15, 0.2) is 76.5 Å². The lowest BCUT2D eigenvalue weighted by Gasteiger charge is -2.13. The van der Waals surface area contributed by atoms with Crippen LogP contribution in [-0.4, -0.2) is 16.8 Å². The van der Waals surface area contributed by atoms with Gasteiger partial charge in [0.2, 0.25) is 11.6 Å². The monoisotopic (exact) mass is 721 g/mol. The van der Waals surface area contributed by atoms with Crippen LogP contribution in [0.2, 0.25) is 0 Å². The van der Waals surface area contributed by atoms with Crippen LogP contribution < -0.4 is 8.37 Å². The van der Waals surface area contributed by atoms with Crippen LogP contribution in [0, 0.1) is 64.2 Å². The predicted molar refractivity (Wildman–Crippen MR) is 144 cm³/mol. The third-order valence-corrected chi connectivity index (χ3v) is 8.96. The second-order valence-electron chi connectivity index (χ2n) is 9.38. The Morgan fingerprint density at radius 3 is 1.15 bits per heavy atom. The van der Waals surface area contributed by atoms with Crippen molar-refractivity contribution in [1.29, 1.82) is 0 Å². The Hall–Kier alpha value is -5.10. The van der Waals surface area contributed by atoms with Crippen LogP contribution >= 0.6 is 0 Å². The van der Waals surface area contributed by atoms with Crippen LogP contribution in [0.1, 0.15) is 0 Å². The largest absolute Gasteiger partial charge is 0.379 e. The van der Waals surface area contributed by atoms with Gasteiger partial charge in [0.25, 0.3) is 0 Å². The molecular formula is C30H11F10O6S2. The molecule has 0 aliphatic rings. The molecule has 0 heterocycles. The summed E-state index contributed by atoms with van der Waals surface area (Å²) >= 11 is 0. The van der Waals surface area contributed by atoms with Crippen molar-refractivity contribution in [2.24, 2.45) is 0 Å². The molecule has 0 aliphatic carbocycles. The normalized spacial score (nSPS) is 11.9.